The second-order valence-corrected chi connectivity index (χ2v) is 9.50. The van der Waals surface area contributed by atoms with Crippen molar-refractivity contribution in [3.8, 4) is 0 Å². The third-order valence-electron chi connectivity index (χ3n) is 6.60. The summed E-state index contributed by atoms with van der Waals surface area (Å²) in [5, 5.41) is 6.21. The fourth-order valence-corrected chi connectivity index (χ4v) is 4.58. The van der Waals surface area contributed by atoms with Crippen LogP contribution >= 0.6 is 0 Å². The highest BCUT2D eigenvalue weighted by atomic mass is 16.5. The molecule has 32 heavy (non-hydrogen) atoms. The van der Waals surface area contributed by atoms with Gasteiger partial charge in [0, 0.05) is 0 Å². The molecule has 1 fully saturated rings. The Bertz CT molecular complexity index is 667. The highest BCUT2D eigenvalue weighted by Crippen LogP contribution is 2.24. The third-order valence-corrected chi connectivity index (χ3v) is 6.60. The van der Waals surface area contributed by atoms with Gasteiger partial charge >= 0.3 is 11.9 Å². The number of cyclic esters (lactones) is 2. The molecule has 3 aliphatic rings. The lowest BCUT2D eigenvalue weighted by atomic mass is 9.91. The van der Waals surface area contributed by atoms with Crippen LogP contribution in [0.5, 0.6) is 0 Å². The maximum absolute atomic E-state index is 12.9. The van der Waals surface area contributed by atoms with Gasteiger partial charge in [-0.25, -0.2) is 0 Å². The SMILES string of the molecule is C[C@@H]1CCC[C@@H](C2CN=C(N)N2)C(=O)OC[C@H](C)CCC[C@@H](C2CN=C(N)N2)C(=O)OC1. The average Bonchev–Trinajstić information content (AvgIpc) is 3.38. The minimum absolute atomic E-state index is 0.126. The summed E-state index contributed by atoms with van der Waals surface area (Å²) in [5.41, 5.74) is 11.5. The molecule has 6 atom stereocenters. The molecular weight excluding hydrogens is 412 g/mol. The van der Waals surface area contributed by atoms with Crippen LogP contribution in [-0.4, -0.2) is 62.2 Å². The monoisotopic (exact) mass is 450 g/mol. The second kappa shape index (κ2) is 11.4. The Balaban J connectivity index is 1.62. The first-order valence-corrected chi connectivity index (χ1v) is 11.8. The Morgan fingerprint density at radius 3 is 1.50 bits per heavy atom. The van der Waals surface area contributed by atoms with Crippen molar-refractivity contribution in [2.75, 3.05) is 26.3 Å². The lowest BCUT2D eigenvalue weighted by Crippen LogP contribution is -2.44. The lowest BCUT2D eigenvalue weighted by molar-refractivity contribution is -0.151. The number of carbonyl (C=O) groups is 2. The summed E-state index contributed by atoms with van der Waals surface area (Å²) in [4.78, 5) is 34.1. The number of nitrogens with one attached hydrogen (secondary N) is 2. The van der Waals surface area contributed by atoms with Gasteiger partial charge in [-0.3, -0.25) is 19.6 Å². The molecule has 0 aromatic heterocycles. The van der Waals surface area contributed by atoms with Gasteiger partial charge in [-0.1, -0.05) is 26.7 Å². The fraction of sp³-hybridized carbons (Fsp3) is 0.818. The van der Waals surface area contributed by atoms with Crippen LogP contribution in [0.25, 0.3) is 0 Å². The second-order valence-electron chi connectivity index (χ2n) is 9.50. The standard InChI is InChI=1S/C22H38N6O4/c1-13-5-3-7-15(17-9-25-21(23)27-17)20(30)32-12-14(2)6-4-8-16(19(29)31-11-13)18-10-26-22(24)28-18/h13-18H,3-12H2,1-2H3,(H3,23,25,27)(H3,24,26,28)/t13-,14-,15+,16+,17?,18?/m1/s1. The molecule has 3 heterocycles. The van der Waals surface area contributed by atoms with Crippen LogP contribution in [0.1, 0.15) is 52.4 Å². The first kappa shape index (κ1) is 24.1. The van der Waals surface area contributed by atoms with E-state index in [1.807, 2.05) is 0 Å². The molecule has 0 amide bonds. The largest absolute Gasteiger partial charge is 0.465 e. The van der Waals surface area contributed by atoms with E-state index in [9.17, 15) is 9.59 Å². The molecule has 180 valence electrons. The predicted molar refractivity (Wildman–Crippen MR) is 122 cm³/mol. The molecular formula is C22H38N6O4. The Labute approximate surface area is 190 Å². The van der Waals surface area contributed by atoms with E-state index in [1.165, 1.54) is 0 Å². The summed E-state index contributed by atoms with van der Waals surface area (Å²) < 4.78 is 11.4. The van der Waals surface area contributed by atoms with Crippen molar-refractivity contribution in [3.63, 3.8) is 0 Å². The molecule has 0 aromatic carbocycles. The van der Waals surface area contributed by atoms with E-state index in [0.29, 0.717) is 51.1 Å². The lowest BCUT2D eigenvalue weighted by Gasteiger charge is -2.26. The summed E-state index contributed by atoms with van der Waals surface area (Å²) in [6, 6.07) is -0.252. The molecule has 0 saturated carbocycles. The zero-order valence-electron chi connectivity index (χ0n) is 19.2. The van der Waals surface area contributed by atoms with E-state index < -0.39 is 0 Å². The van der Waals surface area contributed by atoms with E-state index in [2.05, 4.69) is 34.5 Å². The van der Waals surface area contributed by atoms with Crippen LogP contribution < -0.4 is 22.1 Å². The van der Waals surface area contributed by atoms with Crippen molar-refractivity contribution >= 4 is 23.9 Å². The average molecular weight is 451 g/mol. The van der Waals surface area contributed by atoms with Crippen molar-refractivity contribution in [3.05, 3.63) is 0 Å². The Morgan fingerprint density at radius 1 is 0.750 bits per heavy atom. The Hall–Kier alpha value is -2.52. The molecule has 10 heteroatoms. The minimum atomic E-state index is -0.294. The number of ether oxygens (including phenoxy) is 2. The predicted octanol–water partition coefficient (Wildman–Crippen LogP) is 0.505. The van der Waals surface area contributed by atoms with Gasteiger partial charge in [0.25, 0.3) is 0 Å². The zero-order valence-corrected chi connectivity index (χ0v) is 19.2. The number of esters is 2. The fourth-order valence-electron chi connectivity index (χ4n) is 4.58. The summed E-state index contributed by atoms with van der Waals surface area (Å²) in [7, 11) is 0. The van der Waals surface area contributed by atoms with Gasteiger partial charge in [0.1, 0.15) is 0 Å². The number of hydrogen-bond donors (Lipinski definition) is 4. The van der Waals surface area contributed by atoms with Crippen LogP contribution in [0.15, 0.2) is 9.98 Å². The van der Waals surface area contributed by atoms with Crippen LogP contribution in [-0.2, 0) is 19.1 Å². The third kappa shape index (κ3) is 6.74. The van der Waals surface area contributed by atoms with Crippen molar-refractivity contribution in [2.24, 2.45) is 45.1 Å². The molecule has 0 bridgehead atoms. The highest BCUT2D eigenvalue weighted by molar-refractivity contribution is 5.82. The van der Waals surface area contributed by atoms with Gasteiger partial charge in [-0.05, 0) is 37.5 Å². The molecule has 0 aliphatic carbocycles. The molecule has 3 rings (SSSR count). The number of aliphatic imine (C=N–C) groups is 2. The topological polar surface area (TPSA) is 153 Å². The maximum atomic E-state index is 12.9. The van der Waals surface area contributed by atoms with Crippen molar-refractivity contribution in [1.29, 1.82) is 0 Å². The highest BCUT2D eigenvalue weighted by Gasteiger charge is 2.34. The van der Waals surface area contributed by atoms with Crippen LogP contribution in [0.3, 0.4) is 0 Å². The Morgan fingerprint density at radius 2 is 1.16 bits per heavy atom. The van der Waals surface area contributed by atoms with Crippen LogP contribution in [0, 0.1) is 23.7 Å². The first-order chi connectivity index (χ1) is 15.3. The van der Waals surface area contributed by atoms with Crippen molar-refractivity contribution in [1.82, 2.24) is 10.6 Å². The van der Waals surface area contributed by atoms with Gasteiger partial charge in [-0.15, -0.1) is 0 Å². The molecule has 6 N–H and O–H groups in total. The van der Waals surface area contributed by atoms with E-state index >= 15 is 0 Å². The molecule has 0 aromatic rings. The van der Waals surface area contributed by atoms with E-state index in [0.717, 1.165) is 25.7 Å². The van der Waals surface area contributed by atoms with Crippen molar-refractivity contribution in [2.45, 2.75) is 64.5 Å². The van der Waals surface area contributed by atoms with Gasteiger partial charge in [0.05, 0.1) is 50.2 Å². The van der Waals surface area contributed by atoms with Gasteiger partial charge in [0.15, 0.2) is 11.9 Å². The number of hydrogen-bond acceptors (Lipinski definition) is 10. The normalized spacial score (nSPS) is 35.7. The van der Waals surface area contributed by atoms with Gasteiger partial charge in [-0.2, -0.15) is 0 Å². The summed E-state index contributed by atoms with van der Waals surface area (Å²) in [6.07, 6.45) is 4.69. The first-order valence-electron chi connectivity index (χ1n) is 11.8. The molecule has 2 unspecified atom stereocenters. The number of rotatable bonds is 2. The van der Waals surface area contributed by atoms with E-state index in [1.54, 1.807) is 0 Å². The van der Waals surface area contributed by atoms with E-state index in [-0.39, 0.29) is 47.7 Å². The summed E-state index contributed by atoms with van der Waals surface area (Å²) in [6.45, 7) is 5.82. The number of carbonyl (C=O) groups excluding carboxylic acids is 2. The number of nitrogens with two attached hydrogens (primary N) is 2. The molecule has 1 saturated heterocycles. The Kier molecular flexibility index (Phi) is 8.58. The molecule has 0 radical (unpaired) electrons. The maximum Gasteiger partial charge on any atom is 0.311 e. The minimum Gasteiger partial charge on any atom is -0.465 e. The zero-order chi connectivity index (χ0) is 23.1. The molecule has 10 nitrogen and oxygen atoms in total. The number of nitrogens with zero attached hydrogens (tertiary/aromatic N) is 2. The van der Waals surface area contributed by atoms with E-state index in [4.69, 9.17) is 20.9 Å². The van der Waals surface area contributed by atoms with Crippen LogP contribution in [0.4, 0.5) is 0 Å². The summed E-state index contributed by atoms with van der Waals surface area (Å²) >= 11 is 0. The summed E-state index contributed by atoms with van der Waals surface area (Å²) in [5.74, 6) is 0.178. The number of guanidine groups is 2. The van der Waals surface area contributed by atoms with Crippen LogP contribution in [0.2, 0.25) is 0 Å². The van der Waals surface area contributed by atoms with Gasteiger partial charge in [0.2, 0.25) is 0 Å². The quantitative estimate of drug-likeness (QED) is 0.444. The van der Waals surface area contributed by atoms with Crippen molar-refractivity contribution < 1.29 is 19.1 Å². The smallest absolute Gasteiger partial charge is 0.311 e. The molecule has 3 aliphatic heterocycles. The molecule has 0 spiro atoms. The van der Waals surface area contributed by atoms with Gasteiger partial charge < -0.3 is 31.6 Å².